The van der Waals surface area contributed by atoms with Crippen molar-refractivity contribution >= 4 is 5.97 Å². The highest BCUT2D eigenvalue weighted by Crippen LogP contribution is 2.36. The second-order valence-corrected chi connectivity index (χ2v) is 5.75. The molecule has 0 saturated carbocycles. The van der Waals surface area contributed by atoms with E-state index in [9.17, 15) is 18.0 Å². The van der Waals surface area contributed by atoms with Crippen LogP contribution in [-0.2, 0) is 15.7 Å². The van der Waals surface area contributed by atoms with Gasteiger partial charge in [-0.15, -0.1) is 0 Å². The molecule has 0 N–H and O–H groups in total. The van der Waals surface area contributed by atoms with Crippen molar-refractivity contribution in [2.24, 2.45) is 11.3 Å². The average molecular weight is 304 g/mol. The van der Waals surface area contributed by atoms with Gasteiger partial charge in [-0.3, -0.25) is 4.79 Å². The first kappa shape index (κ1) is 17.3. The van der Waals surface area contributed by atoms with Crippen molar-refractivity contribution in [3.05, 3.63) is 29.8 Å². The van der Waals surface area contributed by atoms with Crippen molar-refractivity contribution in [1.82, 2.24) is 0 Å². The Bertz CT molecular complexity index is 490. The van der Waals surface area contributed by atoms with Gasteiger partial charge >= 0.3 is 12.1 Å². The van der Waals surface area contributed by atoms with E-state index in [1.165, 1.54) is 25.3 Å². The van der Waals surface area contributed by atoms with E-state index in [-0.39, 0.29) is 12.4 Å². The molecule has 0 aliphatic carbocycles. The third-order valence-electron chi connectivity index (χ3n) is 3.13. The zero-order valence-corrected chi connectivity index (χ0v) is 12.5. The highest BCUT2D eigenvalue weighted by molar-refractivity contribution is 5.73. The van der Waals surface area contributed by atoms with Crippen LogP contribution in [0, 0.1) is 11.3 Å². The van der Waals surface area contributed by atoms with Gasteiger partial charge in [-0.2, -0.15) is 13.2 Å². The smallest absolute Gasteiger partial charge is 0.419 e. The van der Waals surface area contributed by atoms with Crippen molar-refractivity contribution in [2.45, 2.75) is 26.9 Å². The number of hydrogen-bond donors (Lipinski definition) is 0. The first-order valence-corrected chi connectivity index (χ1v) is 6.44. The lowest BCUT2D eigenvalue weighted by molar-refractivity contribution is -0.150. The third-order valence-corrected chi connectivity index (χ3v) is 3.13. The lowest BCUT2D eigenvalue weighted by Crippen LogP contribution is -2.34. The summed E-state index contributed by atoms with van der Waals surface area (Å²) in [6, 6.07) is 4.92. The fourth-order valence-electron chi connectivity index (χ4n) is 1.81. The molecule has 1 unspecified atom stereocenters. The van der Waals surface area contributed by atoms with E-state index in [4.69, 9.17) is 4.74 Å². The highest BCUT2D eigenvalue weighted by Gasteiger charge is 2.36. The van der Waals surface area contributed by atoms with Crippen LogP contribution in [0.2, 0.25) is 0 Å². The van der Waals surface area contributed by atoms with E-state index < -0.39 is 29.0 Å². The number of carbonyl (C=O) groups is 1. The molecule has 0 fully saturated rings. The summed E-state index contributed by atoms with van der Waals surface area (Å²) in [6.07, 6.45) is -4.50. The molecule has 1 aromatic rings. The van der Waals surface area contributed by atoms with Gasteiger partial charge in [-0.1, -0.05) is 32.9 Å². The molecule has 0 aliphatic heterocycles. The van der Waals surface area contributed by atoms with Gasteiger partial charge in [0.05, 0.1) is 18.6 Å². The molecule has 0 saturated heterocycles. The molecule has 0 heterocycles. The van der Waals surface area contributed by atoms with E-state index in [2.05, 4.69) is 4.74 Å². The van der Waals surface area contributed by atoms with Crippen LogP contribution in [0.4, 0.5) is 13.2 Å². The predicted molar refractivity (Wildman–Crippen MR) is 71.9 cm³/mol. The summed E-state index contributed by atoms with van der Waals surface area (Å²) >= 11 is 0. The van der Waals surface area contributed by atoms with Crippen molar-refractivity contribution < 1.29 is 27.4 Å². The number of hydrogen-bond acceptors (Lipinski definition) is 3. The molecule has 0 aliphatic rings. The number of esters is 1. The Morgan fingerprint density at radius 2 is 1.76 bits per heavy atom. The van der Waals surface area contributed by atoms with Gasteiger partial charge in [0.15, 0.2) is 0 Å². The number of methoxy groups -OCH3 is 1. The molecule has 3 nitrogen and oxygen atoms in total. The second kappa shape index (κ2) is 6.37. The molecular weight excluding hydrogens is 285 g/mol. The molecule has 0 spiro atoms. The maximum Gasteiger partial charge on any atom is 0.419 e. The summed E-state index contributed by atoms with van der Waals surface area (Å²) in [7, 11) is 1.24. The second-order valence-electron chi connectivity index (χ2n) is 5.75. The van der Waals surface area contributed by atoms with E-state index >= 15 is 0 Å². The molecule has 1 aromatic carbocycles. The predicted octanol–water partition coefficient (Wildman–Crippen LogP) is 3.92. The zero-order chi connectivity index (χ0) is 16.3. The summed E-state index contributed by atoms with van der Waals surface area (Å²) < 4.78 is 48.5. The number of ether oxygens (including phenoxy) is 2. The monoisotopic (exact) mass is 304 g/mol. The van der Waals surface area contributed by atoms with Gasteiger partial charge in [0.2, 0.25) is 0 Å². The average Bonchev–Trinajstić information content (AvgIpc) is 2.36. The Hall–Kier alpha value is -1.72. The van der Waals surface area contributed by atoms with Crippen LogP contribution in [0.25, 0.3) is 0 Å². The maximum absolute atomic E-state index is 12.9. The fourth-order valence-corrected chi connectivity index (χ4v) is 1.81. The zero-order valence-electron chi connectivity index (χ0n) is 12.5. The Labute approximate surface area is 122 Å². The molecule has 0 bridgehead atoms. The van der Waals surface area contributed by atoms with Gasteiger partial charge in [-0.25, -0.2) is 0 Å². The molecule has 0 amide bonds. The number of halogens is 3. The Kier molecular flexibility index (Phi) is 5.25. The van der Waals surface area contributed by atoms with Gasteiger partial charge in [0.25, 0.3) is 0 Å². The van der Waals surface area contributed by atoms with Crippen LogP contribution in [0.5, 0.6) is 5.75 Å². The molecule has 0 radical (unpaired) electrons. The van der Waals surface area contributed by atoms with E-state index in [1.807, 2.05) is 0 Å². The van der Waals surface area contributed by atoms with Crippen LogP contribution in [0.15, 0.2) is 24.3 Å². The van der Waals surface area contributed by atoms with Crippen molar-refractivity contribution in [2.75, 3.05) is 13.7 Å². The van der Waals surface area contributed by atoms with Gasteiger partial charge in [0.1, 0.15) is 12.4 Å². The topological polar surface area (TPSA) is 35.5 Å². The summed E-state index contributed by atoms with van der Waals surface area (Å²) in [6.45, 7) is 5.22. The minimum atomic E-state index is -4.50. The SMILES string of the molecule is COC(=O)C(COc1ccccc1C(F)(F)F)C(C)(C)C. The quantitative estimate of drug-likeness (QED) is 0.791. The van der Waals surface area contributed by atoms with Crippen molar-refractivity contribution in [1.29, 1.82) is 0 Å². The minimum absolute atomic E-state index is 0.177. The third kappa shape index (κ3) is 4.65. The summed E-state index contributed by atoms with van der Waals surface area (Å²) in [5, 5.41) is 0. The molecule has 21 heavy (non-hydrogen) atoms. The standard InChI is InChI=1S/C15H19F3O3/c1-14(2,3)11(13(19)20-4)9-21-12-8-6-5-7-10(12)15(16,17)18/h5-8,11H,9H2,1-4H3. The van der Waals surface area contributed by atoms with E-state index in [1.54, 1.807) is 20.8 Å². The van der Waals surface area contributed by atoms with Gasteiger partial charge < -0.3 is 9.47 Å². The number of rotatable bonds is 4. The fraction of sp³-hybridized carbons (Fsp3) is 0.533. The van der Waals surface area contributed by atoms with E-state index in [0.717, 1.165) is 6.07 Å². The molecule has 1 rings (SSSR count). The summed E-state index contributed by atoms with van der Waals surface area (Å²) in [5.74, 6) is -1.46. The highest BCUT2D eigenvalue weighted by atomic mass is 19.4. The normalized spacial score (nSPS) is 13.7. The first-order valence-electron chi connectivity index (χ1n) is 6.44. The van der Waals surface area contributed by atoms with Gasteiger partial charge in [-0.05, 0) is 17.5 Å². The van der Waals surface area contributed by atoms with Crippen LogP contribution in [-0.4, -0.2) is 19.7 Å². The minimum Gasteiger partial charge on any atom is -0.492 e. The van der Waals surface area contributed by atoms with Crippen molar-refractivity contribution in [3.8, 4) is 5.75 Å². The lowest BCUT2D eigenvalue weighted by atomic mass is 9.81. The van der Waals surface area contributed by atoms with Crippen molar-refractivity contribution in [3.63, 3.8) is 0 Å². The molecule has 0 aromatic heterocycles. The van der Waals surface area contributed by atoms with Crippen LogP contribution >= 0.6 is 0 Å². The molecule has 118 valence electrons. The summed E-state index contributed by atoms with van der Waals surface area (Å²) in [4.78, 5) is 11.7. The lowest BCUT2D eigenvalue weighted by Gasteiger charge is -2.28. The van der Waals surface area contributed by atoms with Gasteiger partial charge in [0, 0.05) is 0 Å². The van der Waals surface area contributed by atoms with Crippen LogP contribution in [0.1, 0.15) is 26.3 Å². The Morgan fingerprint density at radius 1 is 1.19 bits per heavy atom. The molecular formula is C15H19F3O3. The number of para-hydroxylation sites is 1. The van der Waals surface area contributed by atoms with Crippen LogP contribution in [0.3, 0.4) is 0 Å². The first-order chi connectivity index (χ1) is 9.57. The number of carbonyl (C=O) groups excluding carboxylic acids is 1. The number of alkyl halides is 3. The summed E-state index contributed by atoms with van der Waals surface area (Å²) in [5.41, 5.74) is -1.34. The maximum atomic E-state index is 12.9. The largest absolute Gasteiger partial charge is 0.492 e. The molecule has 6 heteroatoms. The Morgan fingerprint density at radius 3 is 2.24 bits per heavy atom. The molecule has 1 atom stereocenters. The van der Waals surface area contributed by atoms with E-state index in [0.29, 0.717) is 0 Å². The van der Waals surface area contributed by atoms with Crippen LogP contribution < -0.4 is 4.74 Å². The Balaban J connectivity index is 2.94. The number of benzene rings is 1.